The van der Waals surface area contributed by atoms with E-state index in [9.17, 15) is 4.79 Å². The second-order valence-corrected chi connectivity index (χ2v) is 7.34. The number of benzene rings is 1. The minimum atomic E-state index is -0.0284. The highest BCUT2D eigenvalue weighted by atomic mass is 32.1. The predicted molar refractivity (Wildman–Crippen MR) is 102 cm³/mol. The number of likely N-dealkylation sites (tertiary alicyclic amines) is 1. The Labute approximate surface area is 151 Å². The van der Waals surface area contributed by atoms with Crippen LogP contribution in [0.15, 0.2) is 54.0 Å². The van der Waals surface area contributed by atoms with Crippen molar-refractivity contribution in [3.05, 3.63) is 64.5 Å². The van der Waals surface area contributed by atoms with Gasteiger partial charge in [-0.05, 0) is 49.5 Å². The van der Waals surface area contributed by atoms with Crippen LogP contribution in [0.3, 0.4) is 0 Å². The highest BCUT2D eigenvalue weighted by Crippen LogP contribution is 2.28. The van der Waals surface area contributed by atoms with Gasteiger partial charge in [0.15, 0.2) is 0 Å². The largest absolute Gasteiger partial charge is 0.350 e. The van der Waals surface area contributed by atoms with E-state index in [0.29, 0.717) is 12.1 Å². The summed E-state index contributed by atoms with van der Waals surface area (Å²) in [5, 5.41) is 6.16. The maximum absolute atomic E-state index is 12.8. The lowest BCUT2D eigenvalue weighted by molar-refractivity contribution is 0.0940. The average Bonchev–Trinajstić information content (AvgIpc) is 3.36. The average molecular weight is 351 g/mol. The number of fused-ring (bicyclic) bond motifs is 1. The molecule has 0 spiro atoms. The third-order valence-corrected chi connectivity index (χ3v) is 5.78. The minimum Gasteiger partial charge on any atom is -0.350 e. The summed E-state index contributed by atoms with van der Waals surface area (Å²) in [6, 6.07) is 14.1. The summed E-state index contributed by atoms with van der Waals surface area (Å²) in [7, 11) is 0. The van der Waals surface area contributed by atoms with E-state index >= 15 is 0 Å². The van der Waals surface area contributed by atoms with E-state index in [0.717, 1.165) is 24.0 Å². The quantitative estimate of drug-likeness (QED) is 0.759. The van der Waals surface area contributed by atoms with E-state index in [1.165, 1.54) is 17.7 Å². The molecule has 3 heterocycles. The van der Waals surface area contributed by atoms with Gasteiger partial charge in [0.05, 0.1) is 17.1 Å². The number of aromatic nitrogens is 1. The molecule has 4 nitrogen and oxygen atoms in total. The lowest BCUT2D eigenvalue weighted by Gasteiger charge is -2.27. The second kappa shape index (κ2) is 7.33. The van der Waals surface area contributed by atoms with Gasteiger partial charge in [0.25, 0.3) is 5.91 Å². The van der Waals surface area contributed by atoms with Crippen LogP contribution < -0.4 is 5.32 Å². The zero-order valence-corrected chi connectivity index (χ0v) is 14.8. The van der Waals surface area contributed by atoms with Crippen molar-refractivity contribution in [2.24, 2.45) is 0 Å². The van der Waals surface area contributed by atoms with Gasteiger partial charge in [0.1, 0.15) is 0 Å². The molecule has 128 valence electrons. The summed E-state index contributed by atoms with van der Waals surface area (Å²) in [6.45, 7) is 2.85. The highest BCUT2D eigenvalue weighted by Gasteiger charge is 2.25. The topological polar surface area (TPSA) is 45.2 Å². The van der Waals surface area contributed by atoms with Crippen LogP contribution in [0.4, 0.5) is 0 Å². The van der Waals surface area contributed by atoms with Crippen LogP contribution in [0.1, 0.15) is 34.1 Å². The van der Waals surface area contributed by atoms with Crippen LogP contribution in [-0.2, 0) is 0 Å². The van der Waals surface area contributed by atoms with E-state index in [-0.39, 0.29) is 11.9 Å². The molecule has 1 amide bonds. The third-order valence-electron chi connectivity index (χ3n) is 4.80. The first-order chi connectivity index (χ1) is 12.3. The summed E-state index contributed by atoms with van der Waals surface area (Å²) in [4.78, 5) is 20.9. The first kappa shape index (κ1) is 16.2. The zero-order valence-electron chi connectivity index (χ0n) is 14.0. The Kier molecular flexibility index (Phi) is 4.76. The van der Waals surface area contributed by atoms with Gasteiger partial charge in [0.2, 0.25) is 0 Å². The smallest absolute Gasteiger partial charge is 0.252 e. The number of carbonyl (C=O) groups is 1. The van der Waals surface area contributed by atoms with E-state index in [1.54, 1.807) is 23.6 Å². The molecular formula is C20H21N3OS. The van der Waals surface area contributed by atoms with Crippen molar-refractivity contribution >= 4 is 28.1 Å². The van der Waals surface area contributed by atoms with Gasteiger partial charge in [0, 0.05) is 23.0 Å². The number of amides is 1. The van der Waals surface area contributed by atoms with Gasteiger partial charge in [-0.15, -0.1) is 11.3 Å². The number of pyridine rings is 1. The predicted octanol–water partition coefficient (Wildman–Crippen LogP) is 3.86. The molecule has 1 atom stereocenters. The molecule has 5 heteroatoms. The molecule has 4 rings (SSSR count). The molecule has 1 saturated heterocycles. The number of nitrogens with zero attached hydrogens (tertiary/aromatic N) is 2. The molecule has 3 aromatic rings. The molecular weight excluding hydrogens is 330 g/mol. The minimum absolute atomic E-state index is 0.0284. The van der Waals surface area contributed by atoms with Crippen molar-refractivity contribution in [2.75, 3.05) is 19.6 Å². The van der Waals surface area contributed by atoms with Gasteiger partial charge < -0.3 is 5.32 Å². The van der Waals surface area contributed by atoms with Gasteiger partial charge in [-0.3, -0.25) is 14.7 Å². The maximum atomic E-state index is 12.8. The Balaban J connectivity index is 1.53. The number of hydrogen-bond acceptors (Lipinski definition) is 4. The Morgan fingerprint density at radius 1 is 1.16 bits per heavy atom. The maximum Gasteiger partial charge on any atom is 0.252 e. The SMILES string of the molecule is O=C(NCC(c1cccs1)N1CCCC1)c1ccnc2ccccc12. The summed E-state index contributed by atoms with van der Waals surface area (Å²) < 4.78 is 0. The Hall–Kier alpha value is -2.24. The molecule has 0 aliphatic carbocycles. The molecule has 0 radical (unpaired) electrons. The second-order valence-electron chi connectivity index (χ2n) is 6.36. The van der Waals surface area contributed by atoms with Crippen LogP contribution in [0.2, 0.25) is 0 Å². The van der Waals surface area contributed by atoms with E-state index in [1.807, 2.05) is 24.3 Å². The Morgan fingerprint density at radius 2 is 2.00 bits per heavy atom. The normalized spacial score (nSPS) is 16.2. The summed E-state index contributed by atoms with van der Waals surface area (Å²) in [5.41, 5.74) is 1.54. The molecule has 1 aliphatic rings. The van der Waals surface area contributed by atoms with E-state index in [2.05, 4.69) is 32.7 Å². The fourth-order valence-corrected chi connectivity index (χ4v) is 4.38. The molecule has 1 aromatic carbocycles. The Morgan fingerprint density at radius 3 is 2.80 bits per heavy atom. The fourth-order valence-electron chi connectivity index (χ4n) is 3.52. The summed E-state index contributed by atoms with van der Waals surface area (Å²) in [6.07, 6.45) is 4.18. The molecule has 2 aromatic heterocycles. The van der Waals surface area contributed by atoms with Crippen molar-refractivity contribution in [1.82, 2.24) is 15.2 Å². The van der Waals surface area contributed by atoms with Crippen LogP contribution in [-0.4, -0.2) is 35.4 Å². The zero-order chi connectivity index (χ0) is 17.1. The standard InChI is InChI=1S/C20H21N3OS/c24-20(16-9-10-21-17-7-2-1-6-15(16)17)22-14-18(19-8-5-13-25-19)23-11-3-4-12-23/h1-2,5-10,13,18H,3-4,11-12,14H2,(H,22,24). The number of nitrogens with one attached hydrogen (secondary N) is 1. The monoisotopic (exact) mass is 351 g/mol. The lowest BCUT2D eigenvalue weighted by atomic mass is 10.1. The van der Waals surface area contributed by atoms with Crippen LogP contribution in [0.25, 0.3) is 10.9 Å². The molecule has 1 N–H and O–H groups in total. The van der Waals surface area contributed by atoms with Gasteiger partial charge >= 0.3 is 0 Å². The first-order valence-electron chi connectivity index (χ1n) is 8.72. The number of hydrogen-bond donors (Lipinski definition) is 1. The molecule has 25 heavy (non-hydrogen) atoms. The Bertz CT molecular complexity index is 851. The molecule has 1 aliphatic heterocycles. The molecule has 0 bridgehead atoms. The van der Waals surface area contributed by atoms with Gasteiger partial charge in [-0.1, -0.05) is 24.3 Å². The number of thiophene rings is 1. The van der Waals surface area contributed by atoms with Gasteiger partial charge in [-0.25, -0.2) is 0 Å². The summed E-state index contributed by atoms with van der Waals surface area (Å²) in [5.74, 6) is -0.0284. The van der Waals surface area contributed by atoms with Crippen LogP contribution >= 0.6 is 11.3 Å². The molecule has 1 fully saturated rings. The van der Waals surface area contributed by atoms with Crippen molar-refractivity contribution in [2.45, 2.75) is 18.9 Å². The van der Waals surface area contributed by atoms with Gasteiger partial charge in [-0.2, -0.15) is 0 Å². The molecule has 1 unspecified atom stereocenters. The number of carbonyl (C=O) groups excluding carboxylic acids is 1. The first-order valence-corrected chi connectivity index (χ1v) is 9.60. The van der Waals surface area contributed by atoms with Crippen LogP contribution in [0, 0.1) is 0 Å². The number of rotatable bonds is 5. The summed E-state index contributed by atoms with van der Waals surface area (Å²) >= 11 is 1.76. The number of para-hydroxylation sites is 1. The van der Waals surface area contributed by atoms with Crippen LogP contribution in [0.5, 0.6) is 0 Å². The highest BCUT2D eigenvalue weighted by molar-refractivity contribution is 7.10. The molecule has 0 saturated carbocycles. The third kappa shape index (κ3) is 3.43. The van der Waals surface area contributed by atoms with Crippen molar-refractivity contribution < 1.29 is 4.79 Å². The van der Waals surface area contributed by atoms with Crippen molar-refractivity contribution in [3.8, 4) is 0 Å². The van der Waals surface area contributed by atoms with Crippen molar-refractivity contribution in [1.29, 1.82) is 0 Å². The lowest BCUT2D eigenvalue weighted by Crippen LogP contribution is -2.36. The van der Waals surface area contributed by atoms with E-state index < -0.39 is 0 Å². The van der Waals surface area contributed by atoms with E-state index in [4.69, 9.17) is 0 Å². The van der Waals surface area contributed by atoms with Crippen molar-refractivity contribution in [3.63, 3.8) is 0 Å². The fraction of sp³-hybridized carbons (Fsp3) is 0.300.